The van der Waals surface area contributed by atoms with E-state index in [-0.39, 0.29) is 5.54 Å². The van der Waals surface area contributed by atoms with Crippen LogP contribution in [0.15, 0.2) is 4.52 Å². The van der Waals surface area contributed by atoms with Gasteiger partial charge in [-0.1, -0.05) is 25.9 Å². The van der Waals surface area contributed by atoms with Gasteiger partial charge >= 0.3 is 0 Å². The van der Waals surface area contributed by atoms with Gasteiger partial charge in [-0.25, -0.2) is 0 Å². The monoisotopic (exact) mass is 277 g/mol. The second kappa shape index (κ2) is 5.14. The number of hydrogen-bond acceptors (Lipinski definition) is 4. The first kappa shape index (κ1) is 14.1. The zero-order valence-corrected chi connectivity index (χ0v) is 13.0. The molecule has 1 aromatic heterocycles. The largest absolute Gasteiger partial charge is 0.337 e. The summed E-state index contributed by atoms with van der Waals surface area (Å²) in [7, 11) is 0. The molecule has 1 atom stereocenters. The molecule has 1 aliphatic carbocycles. The van der Waals surface area contributed by atoms with Crippen molar-refractivity contribution in [2.45, 2.75) is 77.2 Å². The molecule has 0 radical (unpaired) electrons. The first-order chi connectivity index (χ1) is 9.55. The van der Waals surface area contributed by atoms with Crippen molar-refractivity contribution in [1.82, 2.24) is 15.5 Å². The van der Waals surface area contributed by atoms with Crippen molar-refractivity contribution in [2.75, 3.05) is 6.54 Å². The molecule has 1 aromatic rings. The van der Waals surface area contributed by atoms with Crippen LogP contribution in [0.25, 0.3) is 0 Å². The Bertz CT molecular complexity index is 450. The van der Waals surface area contributed by atoms with E-state index in [4.69, 9.17) is 9.51 Å². The highest BCUT2D eigenvalue weighted by Gasteiger charge is 2.40. The lowest BCUT2D eigenvalue weighted by Gasteiger charge is -2.32. The van der Waals surface area contributed by atoms with Crippen LogP contribution < -0.4 is 5.32 Å². The van der Waals surface area contributed by atoms with E-state index in [2.05, 4.69) is 31.2 Å². The number of rotatable bonds is 3. The molecule has 112 valence electrons. The van der Waals surface area contributed by atoms with Gasteiger partial charge in [-0.05, 0) is 56.9 Å². The fourth-order valence-corrected chi connectivity index (χ4v) is 3.69. The van der Waals surface area contributed by atoms with Gasteiger partial charge in [0.15, 0.2) is 5.82 Å². The molecule has 2 aliphatic rings. The van der Waals surface area contributed by atoms with E-state index in [1.54, 1.807) is 0 Å². The smallest absolute Gasteiger partial charge is 0.246 e. The third kappa shape index (κ3) is 2.50. The third-order valence-electron chi connectivity index (χ3n) is 5.40. The Morgan fingerprint density at radius 3 is 2.60 bits per heavy atom. The van der Waals surface area contributed by atoms with E-state index in [0.717, 1.165) is 31.1 Å². The summed E-state index contributed by atoms with van der Waals surface area (Å²) in [6, 6.07) is 0. The van der Waals surface area contributed by atoms with E-state index in [0.29, 0.717) is 11.3 Å². The minimum atomic E-state index is -0.0564. The Balaban J connectivity index is 1.74. The van der Waals surface area contributed by atoms with E-state index >= 15 is 0 Å². The summed E-state index contributed by atoms with van der Waals surface area (Å²) in [5, 5.41) is 7.87. The highest BCUT2D eigenvalue weighted by molar-refractivity contribution is 5.08. The lowest BCUT2D eigenvalue weighted by molar-refractivity contribution is 0.217. The van der Waals surface area contributed by atoms with E-state index in [9.17, 15) is 0 Å². The first-order valence-corrected chi connectivity index (χ1v) is 8.14. The SMILES string of the molecule is CCC1(c2nc(C3CCC(C)(C)CC3)no2)CCCN1. The molecular weight excluding hydrogens is 250 g/mol. The summed E-state index contributed by atoms with van der Waals surface area (Å²) in [4.78, 5) is 4.77. The van der Waals surface area contributed by atoms with Crippen LogP contribution in [0.2, 0.25) is 0 Å². The maximum atomic E-state index is 5.62. The van der Waals surface area contributed by atoms with Crippen LogP contribution in [0.1, 0.15) is 83.3 Å². The van der Waals surface area contributed by atoms with Gasteiger partial charge < -0.3 is 9.84 Å². The number of aromatic nitrogens is 2. The number of nitrogens with zero attached hydrogens (tertiary/aromatic N) is 2. The van der Waals surface area contributed by atoms with Crippen molar-refractivity contribution in [1.29, 1.82) is 0 Å². The van der Waals surface area contributed by atoms with Crippen LogP contribution >= 0.6 is 0 Å². The lowest BCUT2D eigenvalue weighted by Crippen LogP contribution is -2.36. The molecule has 0 amide bonds. The predicted octanol–water partition coefficient (Wildman–Crippen LogP) is 3.74. The molecule has 3 rings (SSSR count). The quantitative estimate of drug-likeness (QED) is 0.914. The van der Waals surface area contributed by atoms with Gasteiger partial charge in [-0.2, -0.15) is 4.98 Å². The molecule has 2 heterocycles. The van der Waals surface area contributed by atoms with E-state index in [1.165, 1.54) is 32.1 Å². The van der Waals surface area contributed by atoms with Crippen molar-refractivity contribution in [3.05, 3.63) is 11.7 Å². The molecule has 1 N–H and O–H groups in total. The van der Waals surface area contributed by atoms with Crippen molar-refractivity contribution >= 4 is 0 Å². The molecule has 1 aliphatic heterocycles. The van der Waals surface area contributed by atoms with Gasteiger partial charge in [-0.3, -0.25) is 0 Å². The summed E-state index contributed by atoms with van der Waals surface area (Å²) in [5.74, 6) is 2.25. The maximum absolute atomic E-state index is 5.62. The van der Waals surface area contributed by atoms with Crippen molar-refractivity contribution in [3.63, 3.8) is 0 Å². The summed E-state index contributed by atoms with van der Waals surface area (Å²) in [6.45, 7) is 7.98. The molecule has 0 bridgehead atoms. The topological polar surface area (TPSA) is 51.0 Å². The molecule has 4 nitrogen and oxygen atoms in total. The van der Waals surface area contributed by atoms with Crippen LogP contribution in [0.4, 0.5) is 0 Å². The van der Waals surface area contributed by atoms with Crippen LogP contribution in [0.3, 0.4) is 0 Å². The number of nitrogens with one attached hydrogen (secondary N) is 1. The van der Waals surface area contributed by atoms with Gasteiger partial charge in [0, 0.05) is 5.92 Å². The minimum absolute atomic E-state index is 0.0564. The second-order valence-electron chi connectivity index (χ2n) is 7.36. The molecule has 2 fully saturated rings. The molecule has 1 saturated heterocycles. The lowest BCUT2D eigenvalue weighted by atomic mass is 9.73. The Kier molecular flexibility index (Phi) is 3.61. The zero-order valence-electron chi connectivity index (χ0n) is 13.0. The van der Waals surface area contributed by atoms with E-state index < -0.39 is 0 Å². The van der Waals surface area contributed by atoms with Crippen LogP contribution in [0, 0.1) is 5.41 Å². The summed E-state index contributed by atoms with van der Waals surface area (Å²) in [5.41, 5.74) is 0.430. The highest BCUT2D eigenvalue weighted by atomic mass is 16.5. The first-order valence-electron chi connectivity index (χ1n) is 8.14. The molecule has 20 heavy (non-hydrogen) atoms. The minimum Gasteiger partial charge on any atom is -0.337 e. The van der Waals surface area contributed by atoms with Crippen LogP contribution in [0.5, 0.6) is 0 Å². The highest BCUT2D eigenvalue weighted by Crippen LogP contribution is 2.42. The molecule has 0 aromatic carbocycles. The fourth-order valence-electron chi connectivity index (χ4n) is 3.69. The second-order valence-corrected chi connectivity index (χ2v) is 7.36. The van der Waals surface area contributed by atoms with Gasteiger partial charge in [0.25, 0.3) is 0 Å². The van der Waals surface area contributed by atoms with Crippen LogP contribution in [-0.2, 0) is 5.54 Å². The van der Waals surface area contributed by atoms with Crippen molar-refractivity contribution < 1.29 is 4.52 Å². The molecule has 1 saturated carbocycles. The Labute approximate surface area is 121 Å². The Morgan fingerprint density at radius 1 is 1.25 bits per heavy atom. The van der Waals surface area contributed by atoms with Gasteiger partial charge in [0.1, 0.15) is 0 Å². The third-order valence-corrected chi connectivity index (χ3v) is 5.40. The maximum Gasteiger partial charge on any atom is 0.246 e. The molecular formula is C16H27N3O. The number of hydrogen-bond donors (Lipinski definition) is 1. The van der Waals surface area contributed by atoms with Gasteiger partial charge in [0.05, 0.1) is 5.54 Å². The Hall–Kier alpha value is -0.900. The molecule has 1 unspecified atom stereocenters. The zero-order chi connectivity index (χ0) is 14.2. The predicted molar refractivity (Wildman–Crippen MR) is 78.5 cm³/mol. The van der Waals surface area contributed by atoms with Crippen molar-refractivity contribution in [3.8, 4) is 0 Å². The average Bonchev–Trinajstić information content (AvgIpc) is 3.08. The molecule has 4 heteroatoms. The fraction of sp³-hybridized carbons (Fsp3) is 0.875. The molecule has 0 spiro atoms. The normalized spacial score (nSPS) is 30.8. The summed E-state index contributed by atoms with van der Waals surface area (Å²) >= 11 is 0. The van der Waals surface area contributed by atoms with Crippen LogP contribution in [-0.4, -0.2) is 16.7 Å². The van der Waals surface area contributed by atoms with E-state index in [1.807, 2.05) is 0 Å². The average molecular weight is 277 g/mol. The van der Waals surface area contributed by atoms with Crippen molar-refractivity contribution in [2.24, 2.45) is 5.41 Å². The van der Waals surface area contributed by atoms with Gasteiger partial charge in [0.2, 0.25) is 5.89 Å². The van der Waals surface area contributed by atoms with Gasteiger partial charge in [-0.15, -0.1) is 0 Å². The summed E-state index contributed by atoms with van der Waals surface area (Å²) in [6.07, 6.45) is 8.24. The standard InChI is InChI=1S/C16H27N3O/c1-4-16(8-5-11-17-16)14-18-13(19-20-14)12-6-9-15(2,3)10-7-12/h12,17H,4-11H2,1-3H3. The summed E-state index contributed by atoms with van der Waals surface area (Å²) < 4.78 is 5.62. The Morgan fingerprint density at radius 2 is 2.00 bits per heavy atom.